The van der Waals surface area contributed by atoms with E-state index in [4.69, 9.17) is 0 Å². The molecule has 5 heteroatoms. The Hall–Kier alpha value is -2.30. The second kappa shape index (κ2) is 4.10. The number of hydrogen-bond donors (Lipinski definition) is 1. The fraction of sp³-hybridized carbons (Fsp3) is 0.0667. The molecule has 3 aromatic rings. The number of aromatic hydroxyl groups is 1. The minimum atomic E-state index is -1.86. The molecule has 0 aliphatic rings. The van der Waals surface area contributed by atoms with Gasteiger partial charge in [-0.3, -0.25) is 0 Å². The fourth-order valence-corrected chi connectivity index (χ4v) is 2.31. The third kappa shape index (κ3) is 1.56. The van der Waals surface area contributed by atoms with Crippen molar-refractivity contribution in [1.29, 1.82) is 0 Å². The van der Waals surface area contributed by atoms with Crippen molar-refractivity contribution >= 4 is 21.5 Å². The maximum Gasteiger partial charge on any atom is 0.198 e. The fourth-order valence-electron chi connectivity index (χ4n) is 2.31. The second-order valence-electron chi connectivity index (χ2n) is 4.60. The lowest BCUT2D eigenvalue weighted by Gasteiger charge is -2.09. The van der Waals surface area contributed by atoms with E-state index in [-0.39, 0.29) is 16.5 Å². The largest absolute Gasteiger partial charge is 0.507 e. The molecule has 1 nitrogen and oxygen atoms in total. The molecule has 0 aliphatic heterocycles. The van der Waals surface area contributed by atoms with Crippen LogP contribution >= 0.6 is 0 Å². The number of benzene rings is 3. The van der Waals surface area contributed by atoms with E-state index < -0.39 is 28.7 Å². The summed E-state index contributed by atoms with van der Waals surface area (Å²) in [5.41, 5.74) is 0.698. The predicted molar refractivity (Wildman–Crippen MR) is 67.7 cm³/mol. The Morgan fingerprint density at radius 1 is 0.700 bits per heavy atom. The molecule has 0 radical (unpaired) electrons. The lowest BCUT2D eigenvalue weighted by atomic mass is 9.98. The maximum atomic E-state index is 13.8. The quantitative estimate of drug-likeness (QED) is 0.277. The minimum Gasteiger partial charge on any atom is -0.507 e. The molecular weight excluding hydrogens is 272 g/mol. The summed E-state index contributed by atoms with van der Waals surface area (Å²) in [5.74, 6) is -6.75. The second-order valence-corrected chi connectivity index (χ2v) is 4.60. The number of rotatable bonds is 0. The summed E-state index contributed by atoms with van der Waals surface area (Å²) in [6.45, 7) is 1.71. The van der Waals surface area contributed by atoms with Crippen LogP contribution in [0.25, 0.3) is 21.5 Å². The van der Waals surface area contributed by atoms with Gasteiger partial charge in [-0.25, -0.2) is 17.6 Å². The molecule has 0 aliphatic carbocycles. The van der Waals surface area contributed by atoms with E-state index in [2.05, 4.69) is 0 Å². The van der Waals surface area contributed by atoms with Crippen LogP contribution in [0.5, 0.6) is 5.75 Å². The molecule has 0 saturated heterocycles. The zero-order valence-electron chi connectivity index (χ0n) is 10.3. The standard InChI is InChI=1S/C15H8F4O/c1-6-2-3-11(20)8-5-10-9(4-7(6)8)12(16)14(18)15(19)13(10)17/h2-5,20H,1H3. The van der Waals surface area contributed by atoms with Gasteiger partial charge >= 0.3 is 0 Å². The van der Waals surface area contributed by atoms with E-state index in [0.717, 1.165) is 6.07 Å². The molecule has 0 unspecified atom stereocenters. The smallest absolute Gasteiger partial charge is 0.198 e. The summed E-state index contributed by atoms with van der Waals surface area (Å²) in [4.78, 5) is 0. The summed E-state index contributed by atoms with van der Waals surface area (Å²) >= 11 is 0. The highest BCUT2D eigenvalue weighted by Crippen LogP contribution is 2.35. The Morgan fingerprint density at radius 3 is 1.75 bits per heavy atom. The molecule has 20 heavy (non-hydrogen) atoms. The Bertz CT molecular complexity index is 799. The zero-order chi connectivity index (χ0) is 14.6. The van der Waals surface area contributed by atoms with Crippen LogP contribution in [0.2, 0.25) is 0 Å². The topological polar surface area (TPSA) is 20.2 Å². The summed E-state index contributed by atoms with van der Waals surface area (Å²) in [7, 11) is 0. The molecule has 0 spiro atoms. The first-order valence-electron chi connectivity index (χ1n) is 5.79. The van der Waals surface area contributed by atoms with E-state index in [0.29, 0.717) is 10.9 Å². The van der Waals surface area contributed by atoms with E-state index in [1.54, 1.807) is 13.0 Å². The molecule has 0 saturated carbocycles. The predicted octanol–water partition coefficient (Wildman–Crippen LogP) is 4.56. The van der Waals surface area contributed by atoms with Crippen LogP contribution in [0.1, 0.15) is 5.56 Å². The van der Waals surface area contributed by atoms with Gasteiger partial charge in [-0.2, -0.15) is 0 Å². The number of aryl methyl sites for hydroxylation is 1. The molecule has 0 fully saturated rings. The van der Waals surface area contributed by atoms with Gasteiger partial charge < -0.3 is 5.11 Å². The highest BCUT2D eigenvalue weighted by atomic mass is 19.2. The van der Waals surface area contributed by atoms with Gasteiger partial charge in [0.1, 0.15) is 5.75 Å². The van der Waals surface area contributed by atoms with Crippen LogP contribution in [-0.4, -0.2) is 5.11 Å². The van der Waals surface area contributed by atoms with Gasteiger partial charge in [0, 0.05) is 16.2 Å². The van der Waals surface area contributed by atoms with Crippen molar-refractivity contribution in [3.63, 3.8) is 0 Å². The van der Waals surface area contributed by atoms with E-state index in [1.807, 2.05) is 0 Å². The third-order valence-corrected chi connectivity index (χ3v) is 3.40. The highest BCUT2D eigenvalue weighted by Gasteiger charge is 2.21. The maximum absolute atomic E-state index is 13.8. The van der Waals surface area contributed by atoms with Gasteiger partial charge in [0.2, 0.25) is 0 Å². The first-order chi connectivity index (χ1) is 9.41. The Balaban J connectivity index is 2.62. The number of phenolic OH excluding ortho intramolecular Hbond substituents is 1. The first-order valence-corrected chi connectivity index (χ1v) is 5.79. The number of fused-ring (bicyclic) bond motifs is 2. The van der Waals surface area contributed by atoms with Crippen molar-refractivity contribution in [2.45, 2.75) is 6.92 Å². The van der Waals surface area contributed by atoms with Crippen LogP contribution < -0.4 is 0 Å². The monoisotopic (exact) mass is 280 g/mol. The van der Waals surface area contributed by atoms with Crippen LogP contribution in [0.4, 0.5) is 17.6 Å². The van der Waals surface area contributed by atoms with Crippen LogP contribution in [-0.2, 0) is 0 Å². The zero-order valence-corrected chi connectivity index (χ0v) is 10.3. The van der Waals surface area contributed by atoms with Gasteiger partial charge in [0.05, 0.1) is 0 Å². The SMILES string of the molecule is Cc1ccc(O)c2cc3c(F)c(F)c(F)c(F)c3cc12. The molecule has 102 valence electrons. The van der Waals surface area contributed by atoms with E-state index in [1.165, 1.54) is 12.1 Å². The van der Waals surface area contributed by atoms with Crippen molar-refractivity contribution in [2.24, 2.45) is 0 Å². The average Bonchev–Trinajstić information content (AvgIpc) is 2.45. The first kappa shape index (κ1) is 12.7. The molecular formula is C15H8F4O. The normalized spacial score (nSPS) is 11.4. The highest BCUT2D eigenvalue weighted by molar-refractivity contribution is 6.02. The molecule has 0 aromatic heterocycles. The summed E-state index contributed by atoms with van der Waals surface area (Å²) in [5, 5.41) is 9.69. The van der Waals surface area contributed by atoms with Crippen LogP contribution in [0.3, 0.4) is 0 Å². The molecule has 3 rings (SSSR count). The molecule has 0 amide bonds. The summed E-state index contributed by atoms with van der Waals surface area (Å²) in [6, 6.07) is 5.32. The van der Waals surface area contributed by atoms with Crippen molar-refractivity contribution < 1.29 is 22.7 Å². The minimum absolute atomic E-state index is 0.142. The van der Waals surface area contributed by atoms with Crippen molar-refractivity contribution in [3.8, 4) is 5.75 Å². The molecule has 0 heterocycles. The van der Waals surface area contributed by atoms with E-state index >= 15 is 0 Å². The molecule has 0 bridgehead atoms. The molecule has 0 atom stereocenters. The van der Waals surface area contributed by atoms with E-state index in [9.17, 15) is 22.7 Å². The van der Waals surface area contributed by atoms with Crippen molar-refractivity contribution in [2.75, 3.05) is 0 Å². The van der Waals surface area contributed by atoms with Gasteiger partial charge in [0.25, 0.3) is 0 Å². The Morgan fingerprint density at radius 2 is 1.20 bits per heavy atom. The van der Waals surface area contributed by atoms with Crippen molar-refractivity contribution in [3.05, 3.63) is 53.1 Å². The third-order valence-electron chi connectivity index (χ3n) is 3.40. The average molecular weight is 280 g/mol. The van der Waals surface area contributed by atoms with Gasteiger partial charge in [0.15, 0.2) is 23.3 Å². The van der Waals surface area contributed by atoms with Gasteiger partial charge in [-0.15, -0.1) is 0 Å². The van der Waals surface area contributed by atoms with Gasteiger partial charge in [-0.05, 0) is 36.1 Å². The lowest BCUT2D eigenvalue weighted by Crippen LogP contribution is -1.98. The van der Waals surface area contributed by atoms with Crippen LogP contribution in [0.15, 0.2) is 24.3 Å². The Labute approximate surface area is 111 Å². The summed E-state index contributed by atoms with van der Waals surface area (Å²) in [6.07, 6.45) is 0. The summed E-state index contributed by atoms with van der Waals surface area (Å²) < 4.78 is 54.0. The van der Waals surface area contributed by atoms with Crippen molar-refractivity contribution in [1.82, 2.24) is 0 Å². The number of phenols is 1. The number of hydrogen-bond acceptors (Lipinski definition) is 1. The van der Waals surface area contributed by atoms with Crippen LogP contribution in [0, 0.1) is 30.2 Å². The van der Waals surface area contributed by atoms with Gasteiger partial charge in [-0.1, -0.05) is 6.07 Å². The molecule has 3 aromatic carbocycles. The Kier molecular flexibility index (Phi) is 2.61. The molecule has 1 N–H and O–H groups in total. The lowest BCUT2D eigenvalue weighted by molar-refractivity contribution is 0.418. The number of halogens is 4.